The number of aliphatic hydroxyl groups excluding tert-OH is 2. The number of ether oxygens (including phenoxy) is 5. The third-order valence-electron chi connectivity index (χ3n) is 13.5. The highest BCUT2D eigenvalue weighted by atomic mass is 16.7. The number of carbonyl (C=O) groups is 4. The van der Waals surface area contributed by atoms with E-state index >= 15 is 0 Å². The molecule has 1 rings (SSSR count). The van der Waals surface area contributed by atoms with Crippen LogP contribution < -0.4 is 0 Å². The Labute approximate surface area is 432 Å². The third-order valence-corrected chi connectivity index (χ3v) is 13.5. The van der Waals surface area contributed by atoms with E-state index in [1.807, 2.05) is 0 Å². The van der Waals surface area contributed by atoms with Gasteiger partial charge in [0.25, 0.3) is 0 Å². The van der Waals surface area contributed by atoms with E-state index in [4.69, 9.17) is 23.7 Å². The fraction of sp³-hybridized carbons (Fsp3) is 0.864. The van der Waals surface area contributed by atoms with E-state index in [1.54, 1.807) is 0 Å². The van der Waals surface area contributed by atoms with Gasteiger partial charge >= 0.3 is 23.9 Å². The molecule has 0 aromatic carbocycles. The van der Waals surface area contributed by atoms with Crippen LogP contribution in [0.1, 0.15) is 278 Å². The molecule has 0 aromatic heterocycles. The lowest BCUT2D eigenvalue weighted by Gasteiger charge is -2.40. The summed E-state index contributed by atoms with van der Waals surface area (Å²) in [5.41, 5.74) is 0. The van der Waals surface area contributed by atoms with Gasteiger partial charge in [-0.05, 0) is 44.9 Å². The van der Waals surface area contributed by atoms with Gasteiger partial charge in [-0.1, -0.05) is 238 Å². The lowest BCUT2D eigenvalue weighted by molar-refractivity contribution is -0.301. The van der Waals surface area contributed by atoms with Gasteiger partial charge in [0.2, 0.25) is 0 Å². The molecule has 0 saturated carbocycles. The summed E-state index contributed by atoms with van der Waals surface area (Å²) >= 11 is 0. The summed E-state index contributed by atoms with van der Waals surface area (Å²) < 4.78 is 28.4. The first kappa shape index (κ1) is 66.2. The Hall–Kier alpha value is -2.80. The van der Waals surface area contributed by atoms with Crippen LogP contribution in [0.15, 0.2) is 24.3 Å². The normalized spacial score (nSPS) is 18.6. The summed E-state index contributed by atoms with van der Waals surface area (Å²) in [4.78, 5) is 50.9. The molecule has 0 radical (unpaired) electrons. The standard InChI is InChI=1S/C59H106O12/c1-4-7-10-13-16-19-21-23-24-25-26-27-28-30-31-34-36-39-42-45-51(60)67-48-50(69-52(61)46-43-40-38-35-32-29-22-20-17-14-11-8-5-2)49-68-59-57(55(64)54(63)56(71-59)58(65)66)70-53(62)47-44-41-37-33-18-15-12-9-6-3/h11,14,20,22,50,54-57,59,63-64H,4-10,12-13,15-19,21,23-49H2,1-3H3,(H,65,66)/b14-11-,22-20-. The first-order valence-corrected chi connectivity index (χ1v) is 29.3. The highest BCUT2D eigenvalue weighted by Crippen LogP contribution is 2.26. The Balaban J connectivity index is 2.63. The first-order chi connectivity index (χ1) is 34.6. The monoisotopic (exact) mass is 1010 g/mol. The van der Waals surface area contributed by atoms with Gasteiger partial charge in [0, 0.05) is 19.3 Å². The molecule has 6 atom stereocenters. The SMILES string of the molecule is CCC/C=C\C/C=C\CCCCCCCC(=O)OC(COC(=O)CCCCCCCCCCCCCCCCCCCCC)COC1OC(C(=O)O)C(O)C(O)C1OC(=O)CCCCCCCCCCC. The van der Waals surface area contributed by atoms with Crippen molar-refractivity contribution in [3.8, 4) is 0 Å². The van der Waals surface area contributed by atoms with Crippen LogP contribution in [-0.2, 0) is 42.9 Å². The zero-order chi connectivity index (χ0) is 51.8. The number of aliphatic hydroxyl groups is 2. The molecular weight excluding hydrogens is 901 g/mol. The van der Waals surface area contributed by atoms with Gasteiger partial charge in [0.15, 0.2) is 24.6 Å². The Morgan fingerprint density at radius 3 is 1.32 bits per heavy atom. The molecule has 0 bridgehead atoms. The average molecular weight is 1010 g/mol. The van der Waals surface area contributed by atoms with E-state index in [1.165, 1.54) is 122 Å². The van der Waals surface area contributed by atoms with Crippen LogP contribution >= 0.6 is 0 Å². The number of carboxylic acid groups (broad SMARTS) is 1. The minimum atomic E-state index is -1.90. The molecule has 6 unspecified atom stereocenters. The summed E-state index contributed by atoms with van der Waals surface area (Å²) in [7, 11) is 0. The molecular formula is C59H106O12. The molecule has 0 spiro atoms. The molecule has 1 aliphatic rings. The molecule has 0 aromatic rings. The van der Waals surface area contributed by atoms with E-state index in [9.17, 15) is 34.5 Å². The predicted molar refractivity (Wildman–Crippen MR) is 285 cm³/mol. The zero-order valence-electron chi connectivity index (χ0n) is 45.5. The van der Waals surface area contributed by atoms with Gasteiger partial charge < -0.3 is 39.0 Å². The topological polar surface area (TPSA) is 175 Å². The van der Waals surface area contributed by atoms with Crippen LogP contribution in [0.2, 0.25) is 0 Å². The molecule has 1 fully saturated rings. The number of rotatable bonds is 50. The maximum Gasteiger partial charge on any atom is 0.335 e. The van der Waals surface area contributed by atoms with Crippen molar-refractivity contribution in [2.45, 2.75) is 314 Å². The minimum Gasteiger partial charge on any atom is -0.479 e. The summed E-state index contributed by atoms with van der Waals surface area (Å²) in [5, 5.41) is 31.3. The van der Waals surface area contributed by atoms with E-state index in [-0.39, 0.29) is 25.9 Å². The van der Waals surface area contributed by atoms with Crippen LogP contribution in [0.5, 0.6) is 0 Å². The molecule has 1 aliphatic heterocycles. The molecule has 71 heavy (non-hydrogen) atoms. The van der Waals surface area contributed by atoms with Crippen molar-refractivity contribution >= 4 is 23.9 Å². The predicted octanol–water partition coefficient (Wildman–Crippen LogP) is 14.7. The largest absolute Gasteiger partial charge is 0.479 e. The Morgan fingerprint density at radius 2 is 0.873 bits per heavy atom. The van der Waals surface area contributed by atoms with Crippen molar-refractivity contribution < 1.29 is 58.2 Å². The van der Waals surface area contributed by atoms with Crippen LogP contribution in [0, 0.1) is 0 Å². The van der Waals surface area contributed by atoms with Gasteiger partial charge in [-0.15, -0.1) is 0 Å². The molecule has 0 amide bonds. The second kappa shape index (κ2) is 48.2. The second-order valence-corrected chi connectivity index (χ2v) is 20.3. The lowest BCUT2D eigenvalue weighted by atomic mass is 9.98. The molecule has 0 aliphatic carbocycles. The maximum absolute atomic E-state index is 13.1. The van der Waals surface area contributed by atoms with E-state index in [2.05, 4.69) is 45.1 Å². The summed E-state index contributed by atoms with van der Waals surface area (Å²) in [6.45, 7) is 5.91. The van der Waals surface area contributed by atoms with E-state index in [0.717, 1.165) is 96.3 Å². The molecule has 12 nitrogen and oxygen atoms in total. The van der Waals surface area contributed by atoms with E-state index in [0.29, 0.717) is 19.3 Å². The van der Waals surface area contributed by atoms with Crippen molar-refractivity contribution in [1.82, 2.24) is 0 Å². The number of unbranched alkanes of at least 4 members (excludes halogenated alkanes) is 32. The second-order valence-electron chi connectivity index (χ2n) is 20.3. The number of carbonyl (C=O) groups excluding carboxylic acids is 3. The fourth-order valence-corrected chi connectivity index (χ4v) is 9.00. The molecule has 12 heteroatoms. The Bertz CT molecular complexity index is 1340. The Kier molecular flexibility index (Phi) is 44.9. The first-order valence-electron chi connectivity index (χ1n) is 29.3. The smallest absolute Gasteiger partial charge is 0.335 e. The van der Waals surface area contributed by atoms with Gasteiger partial charge in [-0.2, -0.15) is 0 Å². The summed E-state index contributed by atoms with van der Waals surface area (Å²) in [5.74, 6) is -3.11. The van der Waals surface area contributed by atoms with Gasteiger partial charge in [0.05, 0.1) is 6.61 Å². The number of aliphatic carboxylic acids is 1. The highest BCUT2D eigenvalue weighted by Gasteiger charge is 2.50. The van der Waals surface area contributed by atoms with Crippen LogP contribution in [-0.4, -0.2) is 89.2 Å². The minimum absolute atomic E-state index is 0.0635. The lowest BCUT2D eigenvalue weighted by Crippen LogP contribution is -2.61. The third kappa shape index (κ3) is 38.4. The quantitative estimate of drug-likeness (QED) is 0.0228. The van der Waals surface area contributed by atoms with Gasteiger partial charge in [-0.3, -0.25) is 14.4 Å². The van der Waals surface area contributed by atoms with Crippen molar-refractivity contribution in [2.24, 2.45) is 0 Å². The fourth-order valence-electron chi connectivity index (χ4n) is 9.00. The van der Waals surface area contributed by atoms with Crippen molar-refractivity contribution in [3.63, 3.8) is 0 Å². The number of carboxylic acids is 1. The van der Waals surface area contributed by atoms with Crippen molar-refractivity contribution in [3.05, 3.63) is 24.3 Å². The molecule has 3 N–H and O–H groups in total. The number of hydrogen-bond donors (Lipinski definition) is 3. The molecule has 1 heterocycles. The van der Waals surface area contributed by atoms with Crippen LogP contribution in [0.3, 0.4) is 0 Å². The average Bonchev–Trinajstić information content (AvgIpc) is 3.35. The highest BCUT2D eigenvalue weighted by molar-refractivity contribution is 5.74. The van der Waals surface area contributed by atoms with Gasteiger partial charge in [-0.25, -0.2) is 4.79 Å². The van der Waals surface area contributed by atoms with Crippen LogP contribution in [0.25, 0.3) is 0 Å². The van der Waals surface area contributed by atoms with Crippen molar-refractivity contribution in [2.75, 3.05) is 13.2 Å². The molecule has 1 saturated heterocycles. The number of allylic oxidation sites excluding steroid dienone is 4. The number of hydrogen-bond acceptors (Lipinski definition) is 11. The van der Waals surface area contributed by atoms with Crippen LogP contribution in [0.4, 0.5) is 0 Å². The number of esters is 3. The summed E-state index contributed by atoms with van der Waals surface area (Å²) in [6, 6.07) is 0. The zero-order valence-corrected chi connectivity index (χ0v) is 45.5. The Morgan fingerprint density at radius 1 is 0.465 bits per heavy atom. The molecule has 414 valence electrons. The van der Waals surface area contributed by atoms with Gasteiger partial charge in [0.1, 0.15) is 18.8 Å². The van der Waals surface area contributed by atoms with Crippen molar-refractivity contribution in [1.29, 1.82) is 0 Å². The van der Waals surface area contributed by atoms with E-state index < -0.39 is 67.3 Å². The summed E-state index contributed by atoms with van der Waals surface area (Å²) in [6.07, 6.45) is 41.7. The maximum atomic E-state index is 13.1.